The molecule has 29 heavy (non-hydrogen) atoms. The van der Waals surface area contributed by atoms with Gasteiger partial charge in [0.2, 0.25) is 0 Å². The largest absolute Gasteiger partial charge is 0.497 e. The van der Waals surface area contributed by atoms with E-state index in [9.17, 15) is 18.0 Å². The predicted octanol–water partition coefficient (Wildman–Crippen LogP) is 4.03. The average molecular weight is 401 g/mol. The Morgan fingerprint density at radius 3 is 2.72 bits per heavy atom. The fourth-order valence-corrected chi connectivity index (χ4v) is 2.89. The number of amides is 1. The summed E-state index contributed by atoms with van der Waals surface area (Å²) in [4.78, 5) is 15.5. The maximum Gasteiger partial charge on any atom is 0.418 e. The number of H-pyrrole nitrogens is 1. The molecule has 0 saturated heterocycles. The molecule has 2 aromatic heterocycles. The van der Waals surface area contributed by atoms with Gasteiger partial charge in [0.05, 0.1) is 24.6 Å². The maximum absolute atomic E-state index is 13.2. The number of nitrogens with one attached hydrogen (secondary N) is 2. The van der Waals surface area contributed by atoms with Crippen LogP contribution in [0.5, 0.6) is 5.75 Å². The van der Waals surface area contributed by atoms with Crippen LogP contribution < -0.4 is 10.1 Å². The molecule has 1 amide bonds. The molecule has 4 rings (SSSR count). The Morgan fingerprint density at radius 2 is 1.97 bits per heavy atom. The van der Waals surface area contributed by atoms with Crippen molar-refractivity contribution >= 4 is 22.6 Å². The van der Waals surface area contributed by atoms with Gasteiger partial charge in [0.1, 0.15) is 11.6 Å². The molecule has 0 saturated carbocycles. The van der Waals surface area contributed by atoms with Crippen molar-refractivity contribution in [1.29, 1.82) is 0 Å². The zero-order valence-electron chi connectivity index (χ0n) is 15.0. The van der Waals surface area contributed by atoms with Crippen molar-refractivity contribution in [2.24, 2.45) is 0 Å². The van der Waals surface area contributed by atoms with Crippen LogP contribution in [0.4, 0.5) is 19.0 Å². The quantitative estimate of drug-likeness (QED) is 0.541. The second-order valence-electron chi connectivity index (χ2n) is 6.15. The van der Waals surface area contributed by atoms with Crippen LogP contribution in [0.3, 0.4) is 0 Å². The number of aromatic amines is 1. The fourth-order valence-electron chi connectivity index (χ4n) is 2.89. The number of nitrogens with zero attached hydrogens (tertiary/aromatic N) is 3. The summed E-state index contributed by atoms with van der Waals surface area (Å²) in [7, 11) is 1.55. The molecule has 10 heteroatoms. The molecule has 0 bridgehead atoms. The highest BCUT2D eigenvalue weighted by Crippen LogP contribution is 2.33. The van der Waals surface area contributed by atoms with E-state index >= 15 is 0 Å². The second kappa shape index (κ2) is 6.97. The third-order valence-electron chi connectivity index (χ3n) is 4.26. The number of carbonyl (C=O) groups excluding carboxylic acids is 1. The third-order valence-corrected chi connectivity index (χ3v) is 4.26. The van der Waals surface area contributed by atoms with Crippen molar-refractivity contribution in [3.05, 3.63) is 66.0 Å². The van der Waals surface area contributed by atoms with Gasteiger partial charge in [-0.15, -0.1) is 5.10 Å². The van der Waals surface area contributed by atoms with Gasteiger partial charge in [-0.3, -0.25) is 4.79 Å². The SMILES string of the molecule is COc1ccc2[nH]c(NC(=O)c3cn(-c4ccccc4C(F)(F)F)nn3)cc2c1. The summed E-state index contributed by atoms with van der Waals surface area (Å²) >= 11 is 0. The summed E-state index contributed by atoms with van der Waals surface area (Å²) in [6.45, 7) is 0. The number of hydrogen-bond donors (Lipinski definition) is 2. The molecule has 2 heterocycles. The van der Waals surface area contributed by atoms with Crippen LogP contribution in [0.25, 0.3) is 16.6 Å². The molecular formula is C19H14F3N5O2. The van der Waals surface area contributed by atoms with E-state index in [1.165, 1.54) is 18.2 Å². The van der Waals surface area contributed by atoms with Gasteiger partial charge in [-0.1, -0.05) is 17.3 Å². The topological polar surface area (TPSA) is 84.8 Å². The first-order valence-electron chi connectivity index (χ1n) is 8.42. The Bertz CT molecular complexity index is 1200. The molecule has 0 aliphatic heterocycles. The number of halogens is 3. The first-order chi connectivity index (χ1) is 13.8. The van der Waals surface area contributed by atoms with Gasteiger partial charge in [-0.05, 0) is 36.4 Å². The van der Waals surface area contributed by atoms with E-state index < -0.39 is 17.6 Å². The van der Waals surface area contributed by atoms with Gasteiger partial charge in [-0.25, -0.2) is 4.68 Å². The van der Waals surface area contributed by atoms with Crippen LogP contribution in [0.1, 0.15) is 16.1 Å². The van der Waals surface area contributed by atoms with Gasteiger partial charge in [-0.2, -0.15) is 13.2 Å². The zero-order valence-corrected chi connectivity index (χ0v) is 15.0. The van der Waals surface area contributed by atoms with Gasteiger partial charge in [0, 0.05) is 10.9 Å². The van der Waals surface area contributed by atoms with Crippen molar-refractivity contribution in [2.75, 3.05) is 12.4 Å². The van der Waals surface area contributed by atoms with Crippen LogP contribution in [0.2, 0.25) is 0 Å². The number of rotatable bonds is 4. The molecule has 2 aromatic carbocycles. The standard InChI is InChI=1S/C19H14F3N5O2/c1-29-12-6-7-14-11(8-12)9-17(23-14)24-18(28)15-10-27(26-25-15)16-5-3-2-4-13(16)19(20,21)22/h2-10,23H,1H3,(H,24,28). The third kappa shape index (κ3) is 3.64. The molecule has 2 N–H and O–H groups in total. The molecule has 0 unspecified atom stereocenters. The average Bonchev–Trinajstić information content (AvgIpc) is 3.33. The molecule has 7 nitrogen and oxygen atoms in total. The normalized spacial score (nSPS) is 11.6. The number of alkyl halides is 3. The van der Waals surface area contributed by atoms with Crippen LogP contribution in [-0.2, 0) is 6.18 Å². The van der Waals surface area contributed by atoms with Crippen LogP contribution in [-0.4, -0.2) is 33.0 Å². The highest BCUT2D eigenvalue weighted by molar-refractivity contribution is 6.03. The number of methoxy groups -OCH3 is 1. The number of anilines is 1. The number of benzene rings is 2. The van der Waals surface area contributed by atoms with E-state index in [1.807, 2.05) is 0 Å². The van der Waals surface area contributed by atoms with E-state index in [4.69, 9.17) is 4.74 Å². The van der Waals surface area contributed by atoms with Crippen molar-refractivity contribution in [2.45, 2.75) is 6.18 Å². The Morgan fingerprint density at radius 1 is 1.17 bits per heavy atom. The monoisotopic (exact) mass is 401 g/mol. The van der Waals surface area contributed by atoms with E-state index in [2.05, 4.69) is 20.6 Å². The Hall–Kier alpha value is -3.82. The van der Waals surface area contributed by atoms with E-state index in [0.29, 0.717) is 11.6 Å². The molecule has 0 aliphatic rings. The number of hydrogen-bond acceptors (Lipinski definition) is 4. The van der Waals surface area contributed by atoms with E-state index in [0.717, 1.165) is 27.8 Å². The molecule has 0 atom stereocenters. The lowest BCUT2D eigenvalue weighted by Gasteiger charge is -2.11. The lowest BCUT2D eigenvalue weighted by molar-refractivity contribution is -0.137. The highest BCUT2D eigenvalue weighted by Gasteiger charge is 2.34. The molecule has 148 valence electrons. The number of carbonyl (C=O) groups is 1. The molecular weight excluding hydrogens is 387 g/mol. The van der Waals surface area contributed by atoms with Gasteiger partial charge in [0.15, 0.2) is 5.69 Å². The summed E-state index contributed by atoms with van der Waals surface area (Å²) in [6.07, 6.45) is -3.41. The number of para-hydroxylation sites is 1. The van der Waals surface area contributed by atoms with Crippen LogP contribution in [0, 0.1) is 0 Å². The molecule has 4 aromatic rings. The number of ether oxygens (including phenoxy) is 1. The Balaban J connectivity index is 1.58. The number of aromatic nitrogens is 4. The van der Waals surface area contributed by atoms with Crippen molar-refractivity contribution in [3.63, 3.8) is 0 Å². The Labute approximate surface area is 162 Å². The van der Waals surface area contributed by atoms with Crippen molar-refractivity contribution < 1.29 is 22.7 Å². The lowest BCUT2D eigenvalue weighted by Crippen LogP contribution is -2.13. The second-order valence-corrected chi connectivity index (χ2v) is 6.15. The molecule has 0 aliphatic carbocycles. The summed E-state index contributed by atoms with van der Waals surface area (Å²) in [5.74, 6) is 0.461. The van der Waals surface area contributed by atoms with Gasteiger partial charge < -0.3 is 15.0 Å². The highest BCUT2D eigenvalue weighted by atomic mass is 19.4. The van der Waals surface area contributed by atoms with Crippen LogP contribution >= 0.6 is 0 Å². The summed E-state index contributed by atoms with van der Waals surface area (Å²) in [6, 6.07) is 12.0. The maximum atomic E-state index is 13.2. The minimum Gasteiger partial charge on any atom is -0.497 e. The smallest absolute Gasteiger partial charge is 0.418 e. The molecule has 0 radical (unpaired) electrons. The van der Waals surface area contributed by atoms with Crippen LogP contribution in [0.15, 0.2) is 54.7 Å². The lowest BCUT2D eigenvalue weighted by atomic mass is 10.1. The predicted molar refractivity (Wildman–Crippen MR) is 99.2 cm³/mol. The minimum absolute atomic E-state index is 0.127. The molecule has 0 fully saturated rings. The van der Waals surface area contributed by atoms with E-state index in [1.54, 1.807) is 31.4 Å². The zero-order chi connectivity index (χ0) is 20.6. The molecule has 0 spiro atoms. The fraction of sp³-hybridized carbons (Fsp3) is 0.105. The van der Waals surface area contributed by atoms with Crippen molar-refractivity contribution in [3.8, 4) is 11.4 Å². The van der Waals surface area contributed by atoms with Gasteiger partial charge in [0.25, 0.3) is 5.91 Å². The summed E-state index contributed by atoms with van der Waals surface area (Å²) in [5.41, 5.74) is -0.437. The van der Waals surface area contributed by atoms with Gasteiger partial charge >= 0.3 is 6.18 Å². The number of fused-ring (bicyclic) bond motifs is 1. The Kier molecular flexibility index (Phi) is 4.45. The van der Waals surface area contributed by atoms with Crippen molar-refractivity contribution in [1.82, 2.24) is 20.0 Å². The van der Waals surface area contributed by atoms with E-state index in [-0.39, 0.29) is 11.4 Å². The summed E-state index contributed by atoms with van der Waals surface area (Å²) in [5, 5.41) is 10.8. The minimum atomic E-state index is -4.56. The first-order valence-corrected chi connectivity index (χ1v) is 8.42. The summed E-state index contributed by atoms with van der Waals surface area (Å²) < 4.78 is 45.6. The first kappa shape index (κ1) is 18.5.